The highest BCUT2D eigenvalue weighted by atomic mass is 19.1. The van der Waals surface area contributed by atoms with Gasteiger partial charge >= 0.3 is 5.97 Å². The number of hydrogen-bond acceptors (Lipinski definition) is 8. The number of imidazole rings is 1. The lowest BCUT2D eigenvalue weighted by Gasteiger charge is -2.32. The van der Waals surface area contributed by atoms with Crippen LogP contribution in [0.25, 0.3) is 11.0 Å². The molecule has 0 radical (unpaired) electrons. The number of carboxylic acid groups (broad SMARTS) is 1. The van der Waals surface area contributed by atoms with Crippen molar-refractivity contribution >= 4 is 17.0 Å². The van der Waals surface area contributed by atoms with Crippen molar-refractivity contribution in [2.24, 2.45) is 11.3 Å². The van der Waals surface area contributed by atoms with Gasteiger partial charge in [0.15, 0.2) is 11.6 Å². The van der Waals surface area contributed by atoms with E-state index in [1.54, 1.807) is 12.1 Å². The first-order valence-corrected chi connectivity index (χ1v) is 16.1. The van der Waals surface area contributed by atoms with E-state index in [9.17, 15) is 19.6 Å². The van der Waals surface area contributed by atoms with Crippen LogP contribution < -0.4 is 9.47 Å². The number of benzene rings is 2. The highest BCUT2D eigenvalue weighted by Gasteiger charge is 2.43. The molecule has 48 heavy (non-hydrogen) atoms. The molecule has 242 valence electrons. The molecule has 3 aliphatic rings. The van der Waals surface area contributed by atoms with Gasteiger partial charge in [0.25, 0.3) is 0 Å². The summed E-state index contributed by atoms with van der Waals surface area (Å²) in [6.07, 6.45) is 4.10. The minimum Gasteiger partial charge on any atom is -0.484 e. The Morgan fingerprint density at radius 2 is 1.92 bits per heavy atom. The molecule has 1 saturated carbocycles. The van der Waals surface area contributed by atoms with Gasteiger partial charge in [0, 0.05) is 37.5 Å². The second-order valence-corrected chi connectivity index (χ2v) is 12.9. The average Bonchev–Trinajstić information content (AvgIpc) is 3.74. The molecule has 2 fully saturated rings. The topological polar surface area (TPSA) is 137 Å². The van der Waals surface area contributed by atoms with E-state index in [1.165, 1.54) is 12.1 Å². The Morgan fingerprint density at radius 3 is 2.60 bits per heavy atom. The van der Waals surface area contributed by atoms with E-state index in [2.05, 4.69) is 32.4 Å². The Bertz CT molecular complexity index is 2020. The second kappa shape index (κ2) is 13.0. The van der Waals surface area contributed by atoms with E-state index in [0.29, 0.717) is 31.1 Å². The van der Waals surface area contributed by atoms with Gasteiger partial charge in [0.2, 0.25) is 5.88 Å². The van der Waals surface area contributed by atoms with Crippen LogP contribution in [0.4, 0.5) is 4.39 Å². The molecule has 3 heterocycles. The zero-order valence-electron chi connectivity index (χ0n) is 26.2. The Kier molecular flexibility index (Phi) is 8.43. The molecule has 1 aliphatic heterocycles. The SMILES string of the molecule is N#CCC1(Cn2c(CN3CCC(Oc4cccc(COc5ccc(C#N)cc5F)n4)CC3)nc3ccc(C4C#CC4C(=O)O)cc32)CC1. The summed E-state index contributed by atoms with van der Waals surface area (Å²) >= 11 is 0. The third-order valence-corrected chi connectivity index (χ3v) is 9.51. The fourth-order valence-electron chi connectivity index (χ4n) is 6.48. The van der Waals surface area contributed by atoms with Gasteiger partial charge in [-0.3, -0.25) is 9.69 Å². The number of likely N-dealkylation sites (tertiary alicyclic amines) is 1. The number of carboxylic acids is 1. The van der Waals surface area contributed by atoms with Crippen molar-refractivity contribution in [3.05, 3.63) is 83.1 Å². The largest absolute Gasteiger partial charge is 0.484 e. The molecule has 1 N–H and O–H groups in total. The minimum atomic E-state index is -0.903. The number of pyridine rings is 1. The molecule has 2 unspecified atom stereocenters. The van der Waals surface area contributed by atoms with E-state index in [-0.39, 0.29) is 35.4 Å². The first-order chi connectivity index (χ1) is 23.3. The predicted octanol–water partition coefficient (Wildman–Crippen LogP) is 5.56. The summed E-state index contributed by atoms with van der Waals surface area (Å²) in [6.45, 7) is 3.03. The zero-order valence-corrected chi connectivity index (χ0v) is 26.2. The van der Waals surface area contributed by atoms with Crippen LogP contribution in [-0.4, -0.2) is 49.7 Å². The fourth-order valence-corrected chi connectivity index (χ4v) is 6.48. The number of carbonyl (C=O) groups is 1. The molecule has 4 aromatic rings. The molecular formula is C37H33FN6O4. The van der Waals surface area contributed by atoms with E-state index < -0.39 is 17.7 Å². The number of ether oxygens (including phenoxy) is 2. The van der Waals surface area contributed by atoms with Gasteiger partial charge in [0.1, 0.15) is 24.5 Å². The van der Waals surface area contributed by atoms with Crippen molar-refractivity contribution in [1.29, 1.82) is 10.5 Å². The van der Waals surface area contributed by atoms with Crippen LogP contribution in [0.3, 0.4) is 0 Å². The number of aliphatic carboxylic acids is 1. The summed E-state index contributed by atoms with van der Waals surface area (Å²) in [6, 6.07) is 19.7. The highest BCUT2D eigenvalue weighted by Crippen LogP contribution is 2.50. The van der Waals surface area contributed by atoms with Crippen LogP contribution in [0.15, 0.2) is 54.6 Å². The lowest BCUT2D eigenvalue weighted by atomic mass is 9.80. The molecule has 2 aromatic heterocycles. The predicted molar refractivity (Wildman–Crippen MR) is 172 cm³/mol. The minimum absolute atomic E-state index is 0.0154. The molecule has 0 spiro atoms. The Labute approximate surface area is 277 Å². The summed E-state index contributed by atoms with van der Waals surface area (Å²) in [5.41, 5.74) is 3.48. The van der Waals surface area contributed by atoms with Crippen molar-refractivity contribution < 1.29 is 23.8 Å². The van der Waals surface area contributed by atoms with Crippen molar-refractivity contribution in [1.82, 2.24) is 19.4 Å². The lowest BCUT2D eigenvalue weighted by Crippen LogP contribution is -2.38. The number of rotatable bonds is 12. The van der Waals surface area contributed by atoms with E-state index in [0.717, 1.165) is 67.3 Å². The third-order valence-electron chi connectivity index (χ3n) is 9.51. The molecule has 11 heteroatoms. The molecule has 0 amide bonds. The van der Waals surface area contributed by atoms with Gasteiger partial charge in [-0.05, 0) is 67.6 Å². The molecule has 2 atom stereocenters. The van der Waals surface area contributed by atoms with E-state index >= 15 is 0 Å². The number of nitriles is 2. The first-order valence-electron chi connectivity index (χ1n) is 16.1. The number of aromatic nitrogens is 3. The quantitative estimate of drug-likeness (QED) is 0.197. The van der Waals surface area contributed by atoms with Crippen molar-refractivity contribution in [3.63, 3.8) is 0 Å². The molecule has 7 rings (SSSR count). The smallest absolute Gasteiger partial charge is 0.320 e. The Morgan fingerprint density at radius 1 is 1.08 bits per heavy atom. The monoisotopic (exact) mass is 644 g/mol. The maximum absolute atomic E-state index is 14.2. The summed E-state index contributed by atoms with van der Waals surface area (Å²) in [5, 5.41) is 28.0. The maximum atomic E-state index is 14.2. The summed E-state index contributed by atoms with van der Waals surface area (Å²) in [5.74, 6) is 4.73. The van der Waals surface area contributed by atoms with E-state index in [1.807, 2.05) is 30.3 Å². The van der Waals surface area contributed by atoms with Crippen LogP contribution in [0.2, 0.25) is 0 Å². The van der Waals surface area contributed by atoms with Crippen LogP contribution in [0.1, 0.15) is 60.7 Å². The summed E-state index contributed by atoms with van der Waals surface area (Å²) < 4.78 is 28.3. The summed E-state index contributed by atoms with van der Waals surface area (Å²) in [7, 11) is 0. The van der Waals surface area contributed by atoms with Crippen LogP contribution in [0.5, 0.6) is 11.6 Å². The van der Waals surface area contributed by atoms with Gasteiger partial charge in [-0.2, -0.15) is 10.5 Å². The zero-order chi connectivity index (χ0) is 33.3. The molecule has 2 aromatic carbocycles. The lowest BCUT2D eigenvalue weighted by molar-refractivity contribution is -0.140. The van der Waals surface area contributed by atoms with E-state index in [4.69, 9.17) is 19.7 Å². The molecule has 1 saturated heterocycles. The highest BCUT2D eigenvalue weighted by molar-refractivity contribution is 5.81. The number of hydrogen-bond donors (Lipinski definition) is 1. The number of halogens is 1. The molecule has 2 aliphatic carbocycles. The van der Waals surface area contributed by atoms with Gasteiger partial charge in [-0.15, -0.1) is 0 Å². The summed E-state index contributed by atoms with van der Waals surface area (Å²) in [4.78, 5) is 23.6. The van der Waals surface area contributed by atoms with Crippen molar-refractivity contribution in [3.8, 4) is 35.6 Å². The van der Waals surface area contributed by atoms with Crippen LogP contribution in [0, 0.1) is 51.7 Å². The molecule has 0 bridgehead atoms. The van der Waals surface area contributed by atoms with Crippen molar-refractivity contribution in [2.45, 2.75) is 63.8 Å². The van der Waals surface area contributed by atoms with Gasteiger partial charge in [-0.1, -0.05) is 24.0 Å². The fraction of sp³-hybridized carbons (Fsp3) is 0.378. The van der Waals surface area contributed by atoms with Crippen molar-refractivity contribution in [2.75, 3.05) is 13.1 Å². The van der Waals surface area contributed by atoms with Gasteiger partial charge in [0.05, 0.1) is 46.9 Å². The standard InChI is InChI=1S/C37H33FN6O4/c38-30-18-24(20-40)4-9-33(30)47-22-26-2-1-3-35(41-26)48-27-10-16-43(17-11-27)21-34-42-31-8-5-25(28-6-7-29(28)36(45)46)19-32(31)44(34)23-37(12-13-37)14-15-39/h1-5,8-9,18-19,27-29H,10-14,16-17,21-23H2,(H,45,46). The molecular weight excluding hydrogens is 611 g/mol. The van der Waals surface area contributed by atoms with Gasteiger partial charge in [-0.25, -0.2) is 14.4 Å². The number of fused-ring (bicyclic) bond motifs is 1. The number of nitrogens with zero attached hydrogens (tertiary/aromatic N) is 6. The second-order valence-electron chi connectivity index (χ2n) is 12.9. The van der Waals surface area contributed by atoms with Crippen LogP contribution >= 0.6 is 0 Å². The third kappa shape index (κ3) is 6.53. The van der Waals surface area contributed by atoms with Crippen LogP contribution in [-0.2, 0) is 24.5 Å². The Hall–Kier alpha value is -5.44. The Balaban J connectivity index is 1.00. The maximum Gasteiger partial charge on any atom is 0.320 e. The number of piperidine rings is 1. The molecule has 10 nitrogen and oxygen atoms in total. The normalized spacial score (nSPS) is 19.7. The van der Waals surface area contributed by atoms with Gasteiger partial charge < -0.3 is 19.1 Å². The average molecular weight is 645 g/mol. The first kappa shape index (κ1) is 31.2.